The molecule has 0 atom stereocenters. The van der Waals surface area contributed by atoms with Crippen molar-refractivity contribution in [1.82, 2.24) is 0 Å². The highest BCUT2D eigenvalue weighted by Gasteiger charge is 2.10. The summed E-state index contributed by atoms with van der Waals surface area (Å²) in [7, 11) is 0. The molecule has 0 saturated carbocycles. The van der Waals surface area contributed by atoms with E-state index < -0.39 is 0 Å². The van der Waals surface area contributed by atoms with Crippen LogP contribution in [0.1, 0.15) is 54.4 Å². The summed E-state index contributed by atoms with van der Waals surface area (Å²) in [6, 6.07) is 0. The van der Waals surface area contributed by atoms with Crippen molar-refractivity contribution in [3.63, 3.8) is 0 Å². The Kier molecular flexibility index (Phi) is 6.46. The maximum absolute atomic E-state index is 5.28. The van der Waals surface area contributed by atoms with E-state index in [2.05, 4.69) is 41.5 Å². The Morgan fingerprint density at radius 3 is 1.33 bits per heavy atom. The average molecular weight is 215 g/mol. The molecule has 0 aliphatic heterocycles. The molecule has 0 saturated heterocycles. The van der Waals surface area contributed by atoms with Crippen LogP contribution in [0.5, 0.6) is 0 Å². The van der Waals surface area contributed by atoms with Crippen molar-refractivity contribution in [3.05, 3.63) is 6.79 Å². The van der Waals surface area contributed by atoms with Gasteiger partial charge < -0.3 is 9.47 Å². The SMILES string of the molecule is CC(C)(C)CCO[CH]OCCC(C)(C)C. The lowest BCUT2D eigenvalue weighted by Gasteiger charge is -2.18. The Labute approximate surface area is 95.3 Å². The van der Waals surface area contributed by atoms with Crippen LogP contribution in [-0.2, 0) is 9.47 Å². The van der Waals surface area contributed by atoms with Crippen LogP contribution in [-0.4, -0.2) is 13.2 Å². The minimum atomic E-state index is 0.333. The van der Waals surface area contributed by atoms with Gasteiger partial charge in [-0.05, 0) is 23.7 Å². The number of ether oxygens (including phenoxy) is 2. The van der Waals surface area contributed by atoms with Gasteiger partial charge in [0.25, 0.3) is 0 Å². The third-order valence-electron chi connectivity index (χ3n) is 2.08. The monoisotopic (exact) mass is 215 g/mol. The second kappa shape index (κ2) is 6.49. The summed E-state index contributed by atoms with van der Waals surface area (Å²) in [5.41, 5.74) is 0.665. The molecule has 1 radical (unpaired) electrons. The van der Waals surface area contributed by atoms with Crippen LogP contribution in [0.15, 0.2) is 0 Å². The number of hydrogen-bond donors (Lipinski definition) is 0. The molecular formula is C13H27O2. The van der Waals surface area contributed by atoms with Crippen molar-refractivity contribution < 1.29 is 9.47 Å². The lowest BCUT2D eigenvalue weighted by molar-refractivity contribution is 0.00484. The largest absolute Gasteiger partial charge is 0.348 e. The van der Waals surface area contributed by atoms with E-state index in [1.165, 1.54) is 6.79 Å². The number of hydrogen-bond acceptors (Lipinski definition) is 2. The first kappa shape index (κ1) is 14.9. The lowest BCUT2D eigenvalue weighted by Crippen LogP contribution is -2.11. The Bertz CT molecular complexity index is 133. The first-order valence-electron chi connectivity index (χ1n) is 5.76. The van der Waals surface area contributed by atoms with Gasteiger partial charge in [0.15, 0.2) is 0 Å². The maximum Gasteiger partial charge on any atom is 0.209 e. The second-order valence-corrected chi connectivity index (χ2v) is 6.46. The fourth-order valence-corrected chi connectivity index (χ4v) is 0.875. The van der Waals surface area contributed by atoms with Gasteiger partial charge in [-0.2, -0.15) is 0 Å². The molecule has 2 heteroatoms. The summed E-state index contributed by atoms with van der Waals surface area (Å²) in [6.45, 7) is 16.2. The van der Waals surface area contributed by atoms with Gasteiger partial charge in [0.1, 0.15) is 0 Å². The zero-order valence-corrected chi connectivity index (χ0v) is 11.2. The van der Waals surface area contributed by atoms with Gasteiger partial charge in [-0.1, -0.05) is 41.5 Å². The zero-order chi connectivity index (χ0) is 11.9. The van der Waals surface area contributed by atoms with E-state index in [1.807, 2.05) is 0 Å². The van der Waals surface area contributed by atoms with E-state index in [0.29, 0.717) is 10.8 Å². The lowest BCUT2D eigenvalue weighted by atomic mass is 9.93. The van der Waals surface area contributed by atoms with Gasteiger partial charge in [-0.15, -0.1) is 0 Å². The molecule has 0 rings (SSSR count). The summed E-state index contributed by atoms with van der Waals surface area (Å²) in [5, 5.41) is 0. The van der Waals surface area contributed by atoms with Crippen LogP contribution < -0.4 is 0 Å². The first-order valence-corrected chi connectivity index (χ1v) is 5.76. The highest BCUT2D eigenvalue weighted by atomic mass is 16.7. The van der Waals surface area contributed by atoms with Gasteiger partial charge in [0.05, 0.1) is 13.2 Å². The third-order valence-corrected chi connectivity index (χ3v) is 2.08. The molecular weight excluding hydrogens is 188 g/mol. The Hall–Kier alpha value is -0.0800. The van der Waals surface area contributed by atoms with Gasteiger partial charge in [-0.3, -0.25) is 0 Å². The van der Waals surface area contributed by atoms with Crippen molar-refractivity contribution in [2.45, 2.75) is 54.4 Å². The second-order valence-electron chi connectivity index (χ2n) is 6.46. The van der Waals surface area contributed by atoms with E-state index in [1.54, 1.807) is 0 Å². The van der Waals surface area contributed by atoms with Crippen LogP contribution in [0.3, 0.4) is 0 Å². The van der Waals surface area contributed by atoms with Gasteiger partial charge >= 0.3 is 0 Å². The van der Waals surface area contributed by atoms with E-state index in [-0.39, 0.29) is 0 Å². The fourth-order valence-electron chi connectivity index (χ4n) is 0.875. The summed E-state index contributed by atoms with van der Waals surface area (Å²) in [6.07, 6.45) is 2.10. The highest BCUT2D eigenvalue weighted by molar-refractivity contribution is 4.61. The minimum absolute atomic E-state index is 0.333. The quantitative estimate of drug-likeness (QED) is 0.623. The molecule has 0 fully saturated rings. The first-order chi connectivity index (χ1) is 6.71. The molecule has 0 unspecified atom stereocenters. The molecule has 0 bridgehead atoms. The molecule has 0 aliphatic carbocycles. The molecule has 2 nitrogen and oxygen atoms in total. The van der Waals surface area contributed by atoms with Gasteiger partial charge in [0.2, 0.25) is 6.79 Å². The fraction of sp³-hybridized carbons (Fsp3) is 0.923. The molecule has 15 heavy (non-hydrogen) atoms. The van der Waals surface area contributed by atoms with Crippen LogP contribution in [0, 0.1) is 17.6 Å². The number of rotatable bonds is 6. The predicted octanol–water partition coefficient (Wildman–Crippen LogP) is 4.01. The van der Waals surface area contributed by atoms with E-state index in [0.717, 1.165) is 26.1 Å². The van der Waals surface area contributed by atoms with Crippen molar-refractivity contribution in [1.29, 1.82) is 0 Å². The van der Waals surface area contributed by atoms with Crippen molar-refractivity contribution in [3.8, 4) is 0 Å². The third kappa shape index (κ3) is 13.9. The Morgan fingerprint density at radius 1 is 0.733 bits per heavy atom. The predicted molar refractivity (Wildman–Crippen MR) is 64.3 cm³/mol. The maximum atomic E-state index is 5.28. The van der Waals surface area contributed by atoms with Crippen molar-refractivity contribution in [2.24, 2.45) is 10.8 Å². The summed E-state index contributed by atoms with van der Waals surface area (Å²) in [5.74, 6) is 0. The van der Waals surface area contributed by atoms with E-state index >= 15 is 0 Å². The summed E-state index contributed by atoms with van der Waals surface area (Å²) < 4.78 is 10.6. The topological polar surface area (TPSA) is 18.5 Å². The normalized spacial score (nSPS) is 13.2. The molecule has 91 valence electrons. The van der Waals surface area contributed by atoms with E-state index in [9.17, 15) is 0 Å². The molecule has 0 aromatic carbocycles. The molecule has 0 amide bonds. The van der Waals surface area contributed by atoms with Crippen LogP contribution in [0.2, 0.25) is 0 Å². The molecule has 0 N–H and O–H groups in total. The molecule has 0 aromatic rings. The molecule has 0 spiro atoms. The van der Waals surface area contributed by atoms with E-state index in [4.69, 9.17) is 9.47 Å². The van der Waals surface area contributed by atoms with Crippen LogP contribution >= 0.6 is 0 Å². The molecule has 0 aromatic heterocycles. The van der Waals surface area contributed by atoms with Gasteiger partial charge in [-0.25, -0.2) is 0 Å². The standard InChI is InChI=1S/C13H27O2/c1-12(2,3)7-9-14-11-15-10-8-13(4,5)6/h11H,7-10H2,1-6H3. The molecule has 0 heterocycles. The highest BCUT2D eigenvalue weighted by Crippen LogP contribution is 2.19. The zero-order valence-electron chi connectivity index (χ0n) is 11.2. The smallest absolute Gasteiger partial charge is 0.209 e. The van der Waals surface area contributed by atoms with Crippen LogP contribution in [0.25, 0.3) is 0 Å². The Morgan fingerprint density at radius 2 is 1.07 bits per heavy atom. The Balaban J connectivity index is 3.20. The van der Waals surface area contributed by atoms with Crippen molar-refractivity contribution >= 4 is 0 Å². The van der Waals surface area contributed by atoms with Crippen molar-refractivity contribution in [2.75, 3.05) is 13.2 Å². The summed E-state index contributed by atoms with van der Waals surface area (Å²) >= 11 is 0. The van der Waals surface area contributed by atoms with Gasteiger partial charge in [0, 0.05) is 0 Å². The summed E-state index contributed by atoms with van der Waals surface area (Å²) in [4.78, 5) is 0. The van der Waals surface area contributed by atoms with Crippen LogP contribution in [0.4, 0.5) is 0 Å². The minimum Gasteiger partial charge on any atom is -0.348 e. The average Bonchev–Trinajstić information content (AvgIpc) is 1.98. The molecule has 0 aliphatic rings.